The molecule has 1 N–H and O–H groups in total. The van der Waals surface area contributed by atoms with E-state index in [2.05, 4.69) is 29.6 Å². The van der Waals surface area contributed by atoms with Crippen LogP contribution in [0.5, 0.6) is 5.75 Å². The highest BCUT2D eigenvalue weighted by Gasteiger charge is 2.14. The van der Waals surface area contributed by atoms with Gasteiger partial charge in [0.1, 0.15) is 6.61 Å². The van der Waals surface area contributed by atoms with Crippen molar-refractivity contribution >= 4 is 5.96 Å². The van der Waals surface area contributed by atoms with E-state index in [-0.39, 0.29) is 11.6 Å². The van der Waals surface area contributed by atoms with E-state index in [0.717, 1.165) is 44.1 Å². The lowest BCUT2D eigenvalue weighted by atomic mass is 10.1. The zero-order valence-electron chi connectivity index (χ0n) is 19.1. The number of guanidine groups is 1. The highest BCUT2D eigenvalue weighted by molar-refractivity contribution is 5.79. The SMILES string of the molecule is CCNC(=NCc1ccc(COC2CCOCC2)cc1)N(C)CCOc1ccccc1F. The fourth-order valence-corrected chi connectivity index (χ4v) is 3.39. The Morgan fingerprint density at radius 2 is 1.84 bits per heavy atom. The van der Waals surface area contributed by atoms with Crippen molar-refractivity contribution < 1.29 is 18.6 Å². The van der Waals surface area contributed by atoms with Crippen LogP contribution in [0.25, 0.3) is 0 Å². The maximum atomic E-state index is 13.7. The molecule has 0 saturated carbocycles. The van der Waals surface area contributed by atoms with E-state index in [1.807, 2.05) is 18.9 Å². The summed E-state index contributed by atoms with van der Waals surface area (Å²) in [5, 5.41) is 3.30. The first-order valence-electron chi connectivity index (χ1n) is 11.3. The fraction of sp³-hybridized carbons (Fsp3) is 0.480. The van der Waals surface area contributed by atoms with Gasteiger partial charge in [-0.1, -0.05) is 36.4 Å². The first kappa shape index (κ1) is 24.0. The van der Waals surface area contributed by atoms with Crippen molar-refractivity contribution in [1.29, 1.82) is 0 Å². The van der Waals surface area contributed by atoms with E-state index in [0.29, 0.717) is 32.4 Å². The molecule has 2 aromatic carbocycles. The van der Waals surface area contributed by atoms with E-state index in [9.17, 15) is 4.39 Å². The lowest BCUT2D eigenvalue weighted by molar-refractivity contribution is -0.0390. The number of rotatable bonds is 10. The quantitative estimate of drug-likeness (QED) is 0.444. The van der Waals surface area contributed by atoms with Crippen molar-refractivity contribution in [3.8, 4) is 5.75 Å². The van der Waals surface area contributed by atoms with E-state index < -0.39 is 0 Å². The Bertz CT molecular complexity index is 839. The average Bonchev–Trinajstić information content (AvgIpc) is 2.83. The Hall–Kier alpha value is -2.64. The minimum atomic E-state index is -0.350. The second-order valence-electron chi connectivity index (χ2n) is 7.81. The third-order valence-electron chi connectivity index (χ3n) is 5.31. The van der Waals surface area contributed by atoms with Crippen molar-refractivity contribution in [2.75, 3.05) is 40.0 Å². The summed E-state index contributed by atoms with van der Waals surface area (Å²) in [7, 11) is 1.95. The predicted octanol–water partition coefficient (Wildman–Crippen LogP) is 4.00. The Labute approximate surface area is 190 Å². The van der Waals surface area contributed by atoms with Crippen molar-refractivity contribution in [3.63, 3.8) is 0 Å². The van der Waals surface area contributed by atoms with Crippen LogP contribution in [0.3, 0.4) is 0 Å². The van der Waals surface area contributed by atoms with Crippen molar-refractivity contribution in [3.05, 3.63) is 65.5 Å². The van der Waals surface area contributed by atoms with Gasteiger partial charge < -0.3 is 24.4 Å². The van der Waals surface area contributed by atoms with E-state index in [4.69, 9.17) is 19.2 Å². The van der Waals surface area contributed by atoms with Gasteiger partial charge in [0, 0.05) is 26.8 Å². The first-order valence-corrected chi connectivity index (χ1v) is 11.3. The summed E-state index contributed by atoms with van der Waals surface area (Å²) < 4.78 is 30.6. The smallest absolute Gasteiger partial charge is 0.194 e. The van der Waals surface area contributed by atoms with Gasteiger partial charge in [0.2, 0.25) is 0 Å². The molecule has 6 nitrogen and oxygen atoms in total. The summed E-state index contributed by atoms with van der Waals surface area (Å²) in [6.07, 6.45) is 2.24. The molecule has 0 amide bonds. The molecule has 1 aliphatic heterocycles. The molecule has 1 aliphatic rings. The Morgan fingerprint density at radius 1 is 1.12 bits per heavy atom. The summed E-state index contributed by atoms with van der Waals surface area (Å²) >= 11 is 0. The number of benzene rings is 2. The summed E-state index contributed by atoms with van der Waals surface area (Å²) in [5.74, 6) is 0.706. The van der Waals surface area contributed by atoms with E-state index in [1.165, 1.54) is 11.6 Å². The van der Waals surface area contributed by atoms with Crippen LogP contribution >= 0.6 is 0 Å². The standard InChI is InChI=1S/C25H34FN3O3/c1-3-27-25(29(2)14-17-31-24-7-5-4-6-23(24)26)28-18-20-8-10-21(11-9-20)19-32-22-12-15-30-16-13-22/h4-11,22H,3,12-19H2,1-2H3,(H,27,28). The highest BCUT2D eigenvalue weighted by atomic mass is 19.1. The van der Waals surface area contributed by atoms with Gasteiger partial charge in [-0.05, 0) is 43.0 Å². The molecule has 0 bridgehead atoms. The fourth-order valence-electron chi connectivity index (χ4n) is 3.39. The van der Waals surface area contributed by atoms with E-state index >= 15 is 0 Å². The van der Waals surface area contributed by atoms with Gasteiger partial charge >= 0.3 is 0 Å². The lowest BCUT2D eigenvalue weighted by Gasteiger charge is -2.22. The summed E-state index contributed by atoms with van der Waals surface area (Å²) in [6, 6.07) is 14.8. The summed E-state index contributed by atoms with van der Waals surface area (Å²) in [5.41, 5.74) is 2.30. The van der Waals surface area contributed by atoms with Crippen LogP contribution < -0.4 is 10.1 Å². The minimum absolute atomic E-state index is 0.267. The van der Waals surface area contributed by atoms with Gasteiger partial charge in [-0.25, -0.2) is 9.38 Å². The number of aliphatic imine (C=N–C) groups is 1. The van der Waals surface area contributed by atoms with Crippen molar-refractivity contribution in [2.24, 2.45) is 4.99 Å². The number of ether oxygens (including phenoxy) is 3. The Morgan fingerprint density at radius 3 is 2.56 bits per heavy atom. The summed E-state index contributed by atoms with van der Waals surface area (Å²) in [4.78, 5) is 6.72. The second kappa shape index (κ2) is 13.0. The molecule has 0 spiro atoms. The van der Waals surface area contributed by atoms with Gasteiger partial charge in [0.15, 0.2) is 17.5 Å². The molecular weight excluding hydrogens is 409 g/mol. The van der Waals surface area contributed by atoms with Crippen molar-refractivity contribution in [1.82, 2.24) is 10.2 Å². The molecule has 1 saturated heterocycles. The van der Waals surface area contributed by atoms with Crippen LogP contribution in [-0.4, -0.2) is 56.9 Å². The molecule has 32 heavy (non-hydrogen) atoms. The maximum absolute atomic E-state index is 13.7. The largest absolute Gasteiger partial charge is 0.489 e. The molecule has 0 aliphatic carbocycles. The zero-order valence-corrected chi connectivity index (χ0v) is 19.1. The zero-order chi connectivity index (χ0) is 22.6. The van der Waals surface area contributed by atoms with Crippen LogP contribution in [0.2, 0.25) is 0 Å². The predicted molar refractivity (Wildman–Crippen MR) is 124 cm³/mol. The Kier molecular flexibility index (Phi) is 9.78. The molecule has 2 aromatic rings. The van der Waals surface area contributed by atoms with Crippen LogP contribution in [0, 0.1) is 5.82 Å². The van der Waals surface area contributed by atoms with Gasteiger partial charge in [0.25, 0.3) is 0 Å². The molecule has 0 unspecified atom stereocenters. The van der Waals surface area contributed by atoms with Crippen LogP contribution in [-0.2, 0) is 22.6 Å². The maximum Gasteiger partial charge on any atom is 0.194 e. The molecule has 7 heteroatoms. The van der Waals surface area contributed by atoms with E-state index in [1.54, 1.807) is 18.2 Å². The van der Waals surface area contributed by atoms with Gasteiger partial charge in [0.05, 0.1) is 25.8 Å². The molecule has 3 rings (SSSR count). The molecule has 1 heterocycles. The number of para-hydroxylation sites is 1. The number of halogens is 1. The Balaban J connectivity index is 1.47. The second-order valence-corrected chi connectivity index (χ2v) is 7.81. The van der Waals surface area contributed by atoms with Gasteiger partial charge in [-0.2, -0.15) is 0 Å². The minimum Gasteiger partial charge on any atom is -0.489 e. The molecule has 0 radical (unpaired) electrons. The molecule has 174 valence electrons. The number of nitrogens with one attached hydrogen (secondary N) is 1. The average molecular weight is 444 g/mol. The van der Waals surface area contributed by atoms with Crippen LogP contribution in [0.4, 0.5) is 4.39 Å². The van der Waals surface area contributed by atoms with Crippen LogP contribution in [0.1, 0.15) is 30.9 Å². The monoisotopic (exact) mass is 443 g/mol. The van der Waals surface area contributed by atoms with Crippen molar-refractivity contribution in [2.45, 2.75) is 39.0 Å². The number of hydrogen-bond donors (Lipinski definition) is 1. The topological polar surface area (TPSA) is 55.3 Å². The number of hydrogen-bond acceptors (Lipinski definition) is 4. The molecule has 0 atom stereocenters. The number of likely N-dealkylation sites (N-methyl/N-ethyl adjacent to an activating group) is 1. The van der Waals surface area contributed by atoms with Gasteiger partial charge in [-0.15, -0.1) is 0 Å². The third kappa shape index (κ3) is 7.80. The van der Waals surface area contributed by atoms with Crippen LogP contribution in [0.15, 0.2) is 53.5 Å². The first-order chi connectivity index (χ1) is 15.7. The van der Waals surface area contributed by atoms with Gasteiger partial charge in [-0.3, -0.25) is 0 Å². The highest BCUT2D eigenvalue weighted by Crippen LogP contribution is 2.16. The summed E-state index contributed by atoms with van der Waals surface area (Å²) in [6.45, 7) is 6.53. The molecule has 0 aromatic heterocycles. The third-order valence-corrected chi connectivity index (χ3v) is 5.31. The number of nitrogens with zero attached hydrogens (tertiary/aromatic N) is 2. The normalized spacial score (nSPS) is 14.9. The molecule has 1 fully saturated rings. The lowest BCUT2D eigenvalue weighted by Crippen LogP contribution is -2.40. The molecular formula is C25H34FN3O3.